The van der Waals surface area contributed by atoms with Gasteiger partial charge >= 0.3 is 0 Å². The smallest absolute Gasteiger partial charge is 0.113 e. The van der Waals surface area contributed by atoms with Crippen LogP contribution < -0.4 is 0 Å². The van der Waals surface area contributed by atoms with E-state index in [1.54, 1.807) is 0 Å². The van der Waals surface area contributed by atoms with Gasteiger partial charge in [0.15, 0.2) is 0 Å². The quantitative estimate of drug-likeness (QED) is 0.726. The molecule has 90 valence electrons. The normalized spacial score (nSPS) is 22.8. The molecular weight excluding hydrogens is 220 g/mol. The van der Waals surface area contributed by atoms with Gasteiger partial charge in [0.05, 0.1) is 0 Å². The molecule has 1 aliphatic heterocycles. The van der Waals surface area contributed by atoms with Gasteiger partial charge in [-0.3, -0.25) is 0 Å². The van der Waals surface area contributed by atoms with Crippen LogP contribution in [-0.2, 0) is 4.74 Å². The van der Waals surface area contributed by atoms with Crippen molar-refractivity contribution in [2.75, 3.05) is 0 Å². The molecule has 0 amide bonds. The predicted octanol–water partition coefficient (Wildman–Crippen LogP) is 4.23. The highest BCUT2D eigenvalue weighted by molar-refractivity contribution is 5.54. The van der Waals surface area contributed by atoms with Gasteiger partial charge in [-0.05, 0) is 23.6 Å². The third-order valence-electron chi connectivity index (χ3n) is 3.26. The van der Waals surface area contributed by atoms with Crippen LogP contribution in [0.15, 0.2) is 66.2 Å². The van der Waals surface area contributed by atoms with Gasteiger partial charge in [-0.1, -0.05) is 66.7 Å². The van der Waals surface area contributed by atoms with E-state index in [0.717, 1.165) is 0 Å². The number of hydrogen-bond acceptors (Lipinski definition) is 1. The summed E-state index contributed by atoms with van der Waals surface area (Å²) in [7, 11) is 0. The van der Waals surface area contributed by atoms with E-state index in [4.69, 9.17) is 4.74 Å². The second-order valence-electron chi connectivity index (χ2n) is 4.69. The minimum Gasteiger partial charge on any atom is -0.360 e. The van der Waals surface area contributed by atoms with Gasteiger partial charge in [0.2, 0.25) is 0 Å². The maximum absolute atomic E-state index is 5.77. The van der Waals surface area contributed by atoms with Gasteiger partial charge in [-0.25, -0.2) is 0 Å². The summed E-state index contributed by atoms with van der Waals surface area (Å²) in [4.78, 5) is 0. The summed E-state index contributed by atoms with van der Waals surface area (Å²) >= 11 is 0. The Balaban J connectivity index is 1.73. The van der Waals surface area contributed by atoms with E-state index in [0.29, 0.717) is 0 Å². The molecule has 1 fully saturated rings. The van der Waals surface area contributed by atoms with Crippen molar-refractivity contribution in [2.24, 2.45) is 0 Å². The Morgan fingerprint density at radius 1 is 0.944 bits per heavy atom. The van der Waals surface area contributed by atoms with Crippen LogP contribution in [0, 0.1) is 0 Å². The van der Waals surface area contributed by atoms with Crippen LogP contribution in [0.2, 0.25) is 0 Å². The van der Waals surface area contributed by atoms with Crippen LogP contribution in [0.25, 0.3) is 6.08 Å². The highest BCUT2D eigenvalue weighted by Crippen LogP contribution is 2.43. The van der Waals surface area contributed by atoms with E-state index in [9.17, 15) is 0 Å². The van der Waals surface area contributed by atoms with Crippen LogP contribution in [0.4, 0.5) is 0 Å². The Labute approximate surface area is 108 Å². The van der Waals surface area contributed by atoms with Gasteiger partial charge in [0.1, 0.15) is 12.2 Å². The average molecular weight is 236 g/mol. The maximum atomic E-state index is 5.77. The van der Waals surface area contributed by atoms with Crippen molar-refractivity contribution in [3.8, 4) is 0 Å². The van der Waals surface area contributed by atoms with Gasteiger partial charge in [-0.15, -0.1) is 0 Å². The number of ether oxygens (including phenoxy) is 1. The minimum atomic E-state index is 0.242. The highest BCUT2D eigenvalue weighted by Gasteiger charge is 2.40. The summed E-state index contributed by atoms with van der Waals surface area (Å²) in [5, 5.41) is 0. The molecule has 2 aromatic carbocycles. The summed E-state index contributed by atoms with van der Waals surface area (Å²) in [6.07, 6.45) is 2.69. The van der Waals surface area contributed by atoms with E-state index in [1.807, 2.05) is 12.1 Å². The zero-order valence-corrected chi connectivity index (χ0v) is 10.4. The topological polar surface area (TPSA) is 12.5 Å². The molecule has 0 aliphatic carbocycles. The molecule has 0 aromatic heterocycles. The zero-order valence-electron chi connectivity index (χ0n) is 10.4. The lowest BCUT2D eigenvalue weighted by molar-refractivity contribution is 0.389. The second kappa shape index (κ2) is 4.79. The summed E-state index contributed by atoms with van der Waals surface area (Å²) in [5.74, 6) is 0. The van der Waals surface area contributed by atoms with Crippen molar-refractivity contribution in [1.29, 1.82) is 0 Å². The monoisotopic (exact) mass is 236 g/mol. The molecule has 3 rings (SSSR count). The Morgan fingerprint density at radius 2 is 1.56 bits per heavy atom. The molecule has 1 heteroatoms. The van der Waals surface area contributed by atoms with Gasteiger partial charge in [-0.2, -0.15) is 0 Å². The van der Waals surface area contributed by atoms with Crippen LogP contribution in [0.5, 0.6) is 0 Å². The Hall–Kier alpha value is -1.86. The average Bonchev–Trinajstić information content (AvgIpc) is 3.21. The molecule has 0 saturated carbocycles. The molecule has 2 atom stereocenters. The maximum Gasteiger partial charge on any atom is 0.113 e. The van der Waals surface area contributed by atoms with Crippen molar-refractivity contribution in [1.82, 2.24) is 0 Å². The molecule has 2 aromatic rings. The molecule has 18 heavy (non-hydrogen) atoms. The fourth-order valence-corrected chi connectivity index (χ4v) is 2.25. The predicted molar refractivity (Wildman–Crippen MR) is 74.1 cm³/mol. The summed E-state index contributed by atoms with van der Waals surface area (Å²) in [6, 6.07) is 20.8. The van der Waals surface area contributed by atoms with Gasteiger partial charge in [0.25, 0.3) is 0 Å². The van der Waals surface area contributed by atoms with E-state index < -0.39 is 0 Å². The first-order valence-corrected chi connectivity index (χ1v) is 6.28. The van der Waals surface area contributed by atoms with Crippen LogP contribution in [0.3, 0.4) is 0 Å². The van der Waals surface area contributed by atoms with Gasteiger partial charge in [0, 0.05) is 0 Å². The lowest BCUT2D eigenvalue weighted by Crippen LogP contribution is -1.90. The first-order valence-electron chi connectivity index (χ1n) is 6.28. The molecule has 0 bridgehead atoms. The van der Waals surface area contributed by atoms with E-state index in [2.05, 4.69) is 61.5 Å². The zero-order chi connectivity index (χ0) is 12.4. The minimum absolute atomic E-state index is 0.242. The van der Waals surface area contributed by atoms with Crippen molar-refractivity contribution in [2.45, 2.75) is 19.1 Å². The molecule has 0 N–H and O–H groups in total. The SMILES string of the molecule is C/C(=C/c1ccccc1)[C@H]1O[C@@H]1c1ccccc1. The molecule has 0 unspecified atom stereocenters. The Bertz CT molecular complexity index is 542. The Morgan fingerprint density at radius 3 is 2.22 bits per heavy atom. The standard InChI is InChI=1S/C17H16O/c1-13(12-14-8-4-2-5-9-14)16-17(18-16)15-10-6-3-7-11-15/h2-12,16-17H,1H3/b13-12-/t16-,17-/m1/s1. The molecule has 0 spiro atoms. The number of hydrogen-bond donors (Lipinski definition) is 0. The van der Waals surface area contributed by atoms with Crippen LogP contribution in [-0.4, -0.2) is 6.10 Å². The van der Waals surface area contributed by atoms with E-state index in [1.165, 1.54) is 16.7 Å². The van der Waals surface area contributed by atoms with Crippen molar-refractivity contribution in [3.63, 3.8) is 0 Å². The van der Waals surface area contributed by atoms with Crippen molar-refractivity contribution < 1.29 is 4.74 Å². The van der Waals surface area contributed by atoms with Crippen molar-refractivity contribution in [3.05, 3.63) is 77.4 Å². The third kappa shape index (κ3) is 2.36. The molecule has 1 saturated heterocycles. The fourth-order valence-electron chi connectivity index (χ4n) is 2.25. The lowest BCUT2D eigenvalue weighted by Gasteiger charge is -1.98. The molecule has 1 aliphatic rings. The summed E-state index contributed by atoms with van der Waals surface area (Å²) in [5.41, 5.74) is 3.79. The largest absolute Gasteiger partial charge is 0.360 e. The van der Waals surface area contributed by atoms with Crippen molar-refractivity contribution >= 4 is 6.08 Å². The Kier molecular flexibility index (Phi) is 2.99. The van der Waals surface area contributed by atoms with Gasteiger partial charge < -0.3 is 4.74 Å². The lowest BCUT2D eigenvalue weighted by atomic mass is 10.0. The van der Waals surface area contributed by atoms with E-state index >= 15 is 0 Å². The molecule has 1 heterocycles. The molecular formula is C17H16O. The third-order valence-corrected chi connectivity index (χ3v) is 3.26. The van der Waals surface area contributed by atoms with Crippen LogP contribution >= 0.6 is 0 Å². The molecule has 0 radical (unpaired) electrons. The first-order chi connectivity index (χ1) is 8.84. The number of rotatable bonds is 3. The summed E-state index contributed by atoms with van der Waals surface area (Å²) < 4.78 is 5.77. The van der Waals surface area contributed by atoms with Crippen LogP contribution in [0.1, 0.15) is 24.2 Å². The fraction of sp³-hybridized carbons (Fsp3) is 0.176. The summed E-state index contributed by atoms with van der Waals surface area (Å²) in [6.45, 7) is 2.14. The molecule has 1 nitrogen and oxygen atoms in total. The number of epoxide rings is 1. The van der Waals surface area contributed by atoms with E-state index in [-0.39, 0.29) is 12.2 Å². The highest BCUT2D eigenvalue weighted by atomic mass is 16.6. The number of benzene rings is 2. The first kappa shape index (κ1) is 11.2. The second-order valence-corrected chi connectivity index (χ2v) is 4.69.